The quantitative estimate of drug-likeness (QED) is 0.789. The summed E-state index contributed by atoms with van der Waals surface area (Å²) in [6.45, 7) is 0.150. The van der Waals surface area contributed by atoms with Gasteiger partial charge < -0.3 is 4.74 Å². The zero-order valence-electron chi connectivity index (χ0n) is 13.8. The first-order chi connectivity index (χ1) is 12.0. The number of carbonyl (C=O) groups is 1. The van der Waals surface area contributed by atoms with Crippen LogP contribution in [0.3, 0.4) is 0 Å². The molecule has 130 valence electrons. The molecule has 1 atom stereocenters. The summed E-state index contributed by atoms with van der Waals surface area (Å²) < 4.78 is 31.7. The first-order valence-electron chi connectivity index (χ1n) is 7.91. The summed E-state index contributed by atoms with van der Waals surface area (Å²) in [6, 6.07) is 15.8. The van der Waals surface area contributed by atoms with Crippen LogP contribution < -0.4 is 0 Å². The van der Waals surface area contributed by atoms with Gasteiger partial charge in [-0.3, -0.25) is 4.79 Å². The molecule has 6 heteroatoms. The fourth-order valence-corrected chi connectivity index (χ4v) is 4.23. The first kappa shape index (κ1) is 17.4. The number of sulfonamides is 1. The second kappa shape index (κ2) is 7.21. The van der Waals surface area contributed by atoms with Crippen LogP contribution in [0, 0.1) is 0 Å². The third-order valence-corrected chi connectivity index (χ3v) is 5.75. The number of hydrogen-bond donors (Lipinski definition) is 0. The molecule has 2 aromatic carbocycles. The largest absolute Gasteiger partial charge is 0.468 e. The van der Waals surface area contributed by atoms with Gasteiger partial charge in [-0.1, -0.05) is 54.6 Å². The summed E-state index contributed by atoms with van der Waals surface area (Å²) >= 11 is 0. The van der Waals surface area contributed by atoms with Crippen LogP contribution in [0.15, 0.2) is 60.0 Å². The molecule has 0 saturated carbocycles. The van der Waals surface area contributed by atoms with E-state index in [2.05, 4.69) is 0 Å². The zero-order valence-corrected chi connectivity index (χ0v) is 14.6. The molecule has 0 aliphatic carbocycles. The van der Waals surface area contributed by atoms with E-state index in [9.17, 15) is 13.2 Å². The van der Waals surface area contributed by atoms with Crippen molar-refractivity contribution in [2.75, 3.05) is 7.11 Å². The normalized spacial score (nSPS) is 18.0. The van der Waals surface area contributed by atoms with E-state index in [1.54, 1.807) is 0 Å². The van der Waals surface area contributed by atoms with Crippen LogP contribution in [0.2, 0.25) is 0 Å². The second-order valence-corrected chi connectivity index (χ2v) is 7.59. The zero-order chi connectivity index (χ0) is 17.9. The molecular weight excluding hydrogens is 338 g/mol. The number of hydrogen-bond acceptors (Lipinski definition) is 4. The van der Waals surface area contributed by atoms with Crippen molar-refractivity contribution < 1.29 is 17.9 Å². The molecule has 0 amide bonds. The molecule has 25 heavy (non-hydrogen) atoms. The van der Waals surface area contributed by atoms with Crippen LogP contribution in [0.1, 0.15) is 16.7 Å². The van der Waals surface area contributed by atoms with Crippen molar-refractivity contribution >= 4 is 22.1 Å². The lowest BCUT2D eigenvalue weighted by Crippen LogP contribution is -2.48. The smallest absolute Gasteiger partial charge is 0.324 e. The minimum Gasteiger partial charge on any atom is -0.468 e. The molecule has 0 bridgehead atoms. The highest BCUT2D eigenvalue weighted by atomic mass is 32.2. The van der Waals surface area contributed by atoms with Gasteiger partial charge in [-0.15, -0.1) is 0 Å². The van der Waals surface area contributed by atoms with Gasteiger partial charge in [0.15, 0.2) is 0 Å². The Morgan fingerprint density at radius 3 is 2.40 bits per heavy atom. The monoisotopic (exact) mass is 357 g/mol. The van der Waals surface area contributed by atoms with Gasteiger partial charge in [-0.2, -0.15) is 4.31 Å². The van der Waals surface area contributed by atoms with E-state index in [1.807, 2.05) is 54.6 Å². The van der Waals surface area contributed by atoms with Gasteiger partial charge in [0.1, 0.15) is 6.04 Å². The van der Waals surface area contributed by atoms with Crippen LogP contribution in [0.25, 0.3) is 6.08 Å². The predicted molar refractivity (Wildman–Crippen MR) is 95.9 cm³/mol. The van der Waals surface area contributed by atoms with Crippen LogP contribution in [-0.4, -0.2) is 31.8 Å². The molecule has 0 unspecified atom stereocenters. The third kappa shape index (κ3) is 3.81. The third-order valence-electron chi connectivity index (χ3n) is 4.24. The van der Waals surface area contributed by atoms with Gasteiger partial charge in [0.25, 0.3) is 0 Å². The maximum absolute atomic E-state index is 12.8. The van der Waals surface area contributed by atoms with Gasteiger partial charge in [-0.05, 0) is 22.8 Å². The number of ether oxygens (including phenoxy) is 1. The molecule has 0 saturated heterocycles. The molecule has 1 aliphatic rings. The van der Waals surface area contributed by atoms with Gasteiger partial charge in [0.05, 0.1) is 7.11 Å². The second-order valence-electron chi connectivity index (χ2n) is 5.82. The van der Waals surface area contributed by atoms with Crippen molar-refractivity contribution in [3.63, 3.8) is 0 Å². The standard InChI is InChI=1S/C19H19NO4S/c1-24-19(21)18-13-16-9-5-6-10-17(16)14-20(18)25(22,23)12-11-15-7-3-2-4-8-15/h2-12,18H,13-14H2,1H3/b12-11+/t18-/m1/s1. The molecule has 0 fully saturated rings. The average molecular weight is 357 g/mol. The Morgan fingerprint density at radius 1 is 1.08 bits per heavy atom. The fourth-order valence-electron chi connectivity index (χ4n) is 2.91. The van der Waals surface area contributed by atoms with Crippen molar-refractivity contribution in [2.24, 2.45) is 0 Å². The van der Waals surface area contributed by atoms with Crippen LogP contribution >= 0.6 is 0 Å². The van der Waals surface area contributed by atoms with E-state index in [-0.39, 0.29) is 6.54 Å². The summed E-state index contributed by atoms with van der Waals surface area (Å²) in [6.07, 6.45) is 1.84. The van der Waals surface area contributed by atoms with Crippen molar-refractivity contribution in [3.8, 4) is 0 Å². The fraction of sp³-hybridized carbons (Fsp3) is 0.211. The molecule has 0 spiro atoms. The van der Waals surface area contributed by atoms with E-state index in [1.165, 1.54) is 17.5 Å². The molecule has 2 aromatic rings. The number of nitrogens with zero attached hydrogens (tertiary/aromatic N) is 1. The number of methoxy groups -OCH3 is 1. The Morgan fingerprint density at radius 2 is 1.72 bits per heavy atom. The lowest BCUT2D eigenvalue weighted by Gasteiger charge is -2.33. The number of rotatable bonds is 4. The van der Waals surface area contributed by atoms with Gasteiger partial charge in [0, 0.05) is 18.4 Å². The van der Waals surface area contributed by atoms with E-state index in [4.69, 9.17) is 4.74 Å². The summed E-state index contributed by atoms with van der Waals surface area (Å²) in [5, 5.41) is 1.15. The van der Waals surface area contributed by atoms with Crippen molar-refractivity contribution in [2.45, 2.75) is 19.0 Å². The van der Waals surface area contributed by atoms with Crippen molar-refractivity contribution in [3.05, 3.63) is 76.7 Å². The molecule has 1 aliphatic heterocycles. The lowest BCUT2D eigenvalue weighted by molar-refractivity contribution is -0.145. The summed E-state index contributed by atoms with van der Waals surface area (Å²) in [5.74, 6) is -0.550. The van der Waals surface area contributed by atoms with Crippen LogP contribution in [0.4, 0.5) is 0 Å². The highest BCUT2D eigenvalue weighted by Gasteiger charge is 2.38. The Bertz CT molecular complexity index is 891. The minimum atomic E-state index is -3.78. The number of fused-ring (bicyclic) bond motifs is 1. The SMILES string of the molecule is COC(=O)[C@H]1Cc2ccccc2CN1S(=O)(=O)/C=C/c1ccccc1. The maximum atomic E-state index is 12.8. The highest BCUT2D eigenvalue weighted by Crippen LogP contribution is 2.27. The van der Waals surface area contributed by atoms with E-state index < -0.39 is 22.0 Å². The van der Waals surface area contributed by atoms with Crippen molar-refractivity contribution in [1.29, 1.82) is 0 Å². The van der Waals surface area contributed by atoms with E-state index in [0.29, 0.717) is 6.42 Å². The number of esters is 1. The first-order valence-corrected chi connectivity index (χ1v) is 9.41. The Kier molecular flexibility index (Phi) is 5.01. The lowest BCUT2D eigenvalue weighted by atomic mass is 9.96. The van der Waals surface area contributed by atoms with Crippen LogP contribution in [0.5, 0.6) is 0 Å². The maximum Gasteiger partial charge on any atom is 0.324 e. The molecule has 1 heterocycles. The molecule has 0 radical (unpaired) electrons. The topological polar surface area (TPSA) is 63.7 Å². The molecule has 0 N–H and O–H groups in total. The molecular formula is C19H19NO4S. The van der Waals surface area contributed by atoms with Crippen LogP contribution in [-0.2, 0) is 32.5 Å². The molecule has 3 rings (SSSR count). The highest BCUT2D eigenvalue weighted by molar-refractivity contribution is 7.92. The Hall–Kier alpha value is -2.44. The van der Waals surface area contributed by atoms with Gasteiger partial charge in [0.2, 0.25) is 10.0 Å². The number of carbonyl (C=O) groups excluding carboxylic acids is 1. The molecule has 0 aromatic heterocycles. The van der Waals surface area contributed by atoms with E-state index in [0.717, 1.165) is 22.1 Å². The van der Waals surface area contributed by atoms with Crippen molar-refractivity contribution in [1.82, 2.24) is 4.31 Å². The summed E-state index contributed by atoms with van der Waals surface area (Å²) in [4.78, 5) is 12.2. The summed E-state index contributed by atoms with van der Waals surface area (Å²) in [7, 11) is -2.51. The number of benzene rings is 2. The van der Waals surface area contributed by atoms with Gasteiger partial charge in [-0.25, -0.2) is 8.42 Å². The molecule has 5 nitrogen and oxygen atoms in total. The van der Waals surface area contributed by atoms with E-state index >= 15 is 0 Å². The van der Waals surface area contributed by atoms with Gasteiger partial charge >= 0.3 is 5.97 Å². The summed E-state index contributed by atoms with van der Waals surface area (Å²) in [5.41, 5.74) is 2.65. The predicted octanol–water partition coefficient (Wildman–Crippen LogP) is 2.59. The Balaban J connectivity index is 1.94. The average Bonchev–Trinajstić information content (AvgIpc) is 2.65. The minimum absolute atomic E-state index is 0.150. The Labute approximate surface area is 147 Å².